The second-order valence-electron chi connectivity index (χ2n) is 11.8. The quantitative estimate of drug-likeness (QED) is 0.186. The van der Waals surface area contributed by atoms with Crippen molar-refractivity contribution in [2.24, 2.45) is 0 Å². The monoisotopic (exact) mass is 587 g/mol. The number of fused-ring (bicyclic) bond motifs is 5. The second kappa shape index (κ2) is 10.8. The van der Waals surface area contributed by atoms with Crippen LogP contribution in [0.5, 0.6) is 0 Å². The van der Waals surface area contributed by atoms with Crippen molar-refractivity contribution in [3.63, 3.8) is 0 Å². The lowest BCUT2D eigenvalue weighted by atomic mass is 9.97. The van der Waals surface area contributed by atoms with E-state index in [4.69, 9.17) is 4.42 Å². The number of hydrogen-bond donors (Lipinski definition) is 0. The topological polar surface area (TPSA) is 16.4 Å². The lowest BCUT2D eigenvalue weighted by Gasteiger charge is -2.26. The van der Waals surface area contributed by atoms with Crippen LogP contribution in [0, 0.1) is 0 Å². The number of hydrogen-bond acceptors (Lipinski definition) is 2. The molecule has 0 unspecified atom stereocenters. The van der Waals surface area contributed by atoms with Crippen molar-refractivity contribution in [3.05, 3.63) is 176 Å². The molecule has 0 N–H and O–H groups in total. The summed E-state index contributed by atoms with van der Waals surface area (Å²) in [6, 6.07) is 62.8. The van der Waals surface area contributed by atoms with Gasteiger partial charge in [-0.05, 0) is 92.0 Å². The van der Waals surface area contributed by atoms with E-state index in [1.807, 2.05) is 18.2 Å². The van der Waals surface area contributed by atoms with Crippen molar-refractivity contribution >= 4 is 60.3 Å². The highest BCUT2D eigenvalue weighted by Gasteiger charge is 2.16. The molecular weight excluding hydrogens is 558 g/mol. The van der Waals surface area contributed by atoms with Gasteiger partial charge in [0.1, 0.15) is 11.3 Å². The number of nitrogens with zero attached hydrogens (tertiary/aromatic N) is 1. The van der Waals surface area contributed by atoms with Crippen molar-refractivity contribution < 1.29 is 4.42 Å². The summed E-state index contributed by atoms with van der Waals surface area (Å²) in [6.07, 6.45) is 0. The van der Waals surface area contributed by atoms with Crippen LogP contribution in [0.2, 0.25) is 0 Å². The van der Waals surface area contributed by atoms with Crippen LogP contribution >= 0.6 is 0 Å². The number of benzene rings is 8. The minimum atomic E-state index is 0.877. The fourth-order valence-electron chi connectivity index (χ4n) is 6.76. The molecule has 46 heavy (non-hydrogen) atoms. The fraction of sp³-hybridized carbons (Fsp3) is 0. The Balaban J connectivity index is 1.17. The van der Waals surface area contributed by atoms with Gasteiger partial charge in [0.15, 0.2) is 0 Å². The van der Waals surface area contributed by atoms with E-state index in [-0.39, 0.29) is 0 Å². The third-order valence-corrected chi connectivity index (χ3v) is 9.03. The Bertz CT molecular complexity index is 2510. The highest BCUT2D eigenvalue weighted by Crippen LogP contribution is 2.41. The standard InChI is InChI=1S/C44H29NO/c1-2-11-33-27-37(24-19-30(33)9-1)45(38-25-26-41-34(28-38)18-17-31-10-3-5-13-39(31)41)36-22-20-32(21-23-36)40-14-6-7-15-42(40)44-29-35-12-4-8-16-43(35)46-44/h1-29H. The first-order valence-corrected chi connectivity index (χ1v) is 15.7. The zero-order valence-electron chi connectivity index (χ0n) is 25.1. The molecule has 1 heterocycles. The molecule has 9 rings (SSSR count). The lowest BCUT2D eigenvalue weighted by Crippen LogP contribution is -2.10. The summed E-state index contributed by atoms with van der Waals surface area (Å²) >= 11 is 0. The molecule has 2 nitrogen and oxygen atoms in total. The minimum Gasteiger partial charge on any atom is -0.456 e. The molecule has 0 saturated heterocycles. The van der Waals surface area contributed by atoms with E-state index in [9.17, 15) is 0 Å². The van der Waals surface area contributed by atoms with Gasteiger partial charge in [0, 0.05) is 28.0 Å². The molecule has 0 amide bonds. The van der Waals surface area contributed by atoms with Crippen molar-refractivity contribution in [1.82, 2.24) is 0 Å². The fourth-order valence-corrected chi connectivity index (χ4v) is 6.76. The van der Waals surface area contributed by atoms with Crippen LogP contribution in [0.15, 0.2) is 180 Å². The molecule has 0 saturated carbocycles. The zero-order valence-corrected chi connectivity index (χ0v) is 25.1. The van der Waals surface area contributed by atoms with Crippen LogP contribution in [0.4, 0.5) is 17.1 Å². The Kier molecular flexibility index (Phi) is 6.17. The Morgan fingerprint density at radius 2 is 0.913 bits per heavy atom. The molecule has 0 atom stereocenters. The van der Waals surface area contributed by atoms with Crippen LogP contribution in [0.25, 0.3) is 65.7 Å². The highest BCUT2D eigenvalue weighted by molar-refractivity contribution is 6.08. The minimum absolute atomic E-state index is 0.877. The average molecular weight is 588 g/mol. The Morgan fingerprint density at radius 3 is 1.74 bits per heavy atom. The van der Waals surface area contributed by atoms with Gasteiger partial charge in [-0.2, -0.15) is 0 Å². The van der Waals surface area contributed by atoms with Gasteiger partial charge in [0.05, 0.1) is 0 Å². The summed E-state index contributed by atoms with van der Waals surface area (Å²) in [5.41, 5.74) is 7.60. The van der Waals surface area contributed by atoms with Gasteiger partial charge in [-0.1, -0.05) is 127 Å². The van der Waals surface area contributed by atoms with E-state index in [1.54, 1.807) is 0 Å². The van der Waals surface area contributed by atoms with Gasteiger partial charge in [0.25, 0.3) is 0 Å². The smallest absolute Gasteiger partial charge is 0.136 e. The van der Waals surface area contributed by atoms with Crippen molar-refractivity contribution in [2.75, 3.05) is 4.90 Å². The Morgan fingerprint density at radius 1 is 0.348 bits per heavy atom. The summed E-state index contributed by atoms with van der Waals surface area (Å²) in [5.74, 6) is 0.877. The third kappa shape index (κ3) is 4.51. The van der Waals surface area contributed by atoms with E-state index < -0.39 is 0 Å². The predicted octanol–water partition coefficient (Wildman–Crippen LogP) is 12.7. The first-order valence-electron chi connectivity index (χ1n) is 15.7. The van der Waals surface area contributed by atoms with Gasteiger partial charge >= 0.3 is 0 Å². The molecular formula is C44H29NO. The summed E-state index contributed by atoms with van der Waals surface area (Å²) in [4.78, 5) is 2.36. The Hall–Kier alpha value is -6.12. The van der Waals surface area contributed by atoms with Crippen LogP contribution in [-0.4, -0.2) is 0 Å². The molecule has 0 radical (unpaired) electrons. The van der Waals surface area contributed by atoms with E-state index in [0.717, 1.165) is 50.5 Å². The van der Waals surface area contributed by atoms with Crippen LogP contribution in [0.3, 0.4) is 0 Å². The first-order chi connectivity index (χ1) is 22.8. The van der Waals surface area contributed by atoms with Crippen LogP contribution in [-0.2, 0) is 0 Å². The molecule has 0 aliphatic heterocycles. The van der Waals surface area contributed by atoms with E-state index >= 15 is 0 Å². The molecule has 216 valence electrons. The van der Waals surface area contributed by atoms with Crippen LogP contribution in [0.1, 0.15) is 0 Å². The van der Waals surface area contributed by atoms with Gasteiger partial charge in [-0.25, -0.2) is 0 Å². The molecule has 0 aliphatic carbocycles. The summed E-state index contributed by atoms with van der Waals surface area (Å²) in [5, 5.41) is 8.57. The maximum Gasteiger partial charge on any atom is 0.136 e. The third-order valence-electron chi connectivity index (χ3n) is 9.03. The summed E-state index contributed by atoms with van der Waals surface area (Å²) in [6.45, 7) is 0. The van der Waals surface area contributed by atoms with Crippen molar-refractivity contribution in [2.45, 2.75) is 0 Å². The lowest BCUT2D eigenvalue weighted by molar-refractivity contribution is 0.632. The number of furan rings is 1. The zero-order chi connectivity index (χ0) is 30.5. The van der Waals surface area contributed by atoms with Gasteiger partial charge in [-0.3, -0.25) is 0 Å². The highest BCUT2D eigenvalue weighted by atomic mass is 16.3. The number of para-hydroxylation sites is 1. The molecule has 9 aromatic rings. The Labute approximate surface area is 267 Å². The van der Waals surface area contributed by atoms with Crippen molar-refractivity contribution in [3.8, 4) is 22.5 Å². The summed E-state index contributed by atoms with van der Waals surface area (Å²) < 4.78 is 6.28. The van der Waals surface area contributed by atoms with Crippen LogP contribution < -0.4 is 4.90 Å². The molecule has 0 fully saturated rings. The van der Waals surface area contributed by atoms with Gasteiger partial charge in [0.2, 0.25) is 0 Å². The molecule has 0 bridgehead atoms. The second-order valence-corrected chi connectivity index (χ2v) is 11.8. The normalized spacial score (nSPS) is 11.5. The maximum absolute atomic E-state index is 6.28. The molecule has 1 aromatic heterocycles. The van der Waals surface area contributed by atoms with E-state index in [0.29, 0.717) is 0 Å². The predicted molar refractivity (Wildman–Crippen MR) is 194 cm³/mol. The van der Waals surface area contributed by atoms with E-state index in [1.165, 1.54) is 32.3 Å². The van der Waals surface area contributed by atoms with E-state index in [2.05, 4.69) is 163 Å². The molecule has 0 aliphatic rings. The number of anilines is 3. The maximum atomic E-state index is 6.28. The molecule has 8 aromatic carbocycles. The first kappa shape index (κ1) is 26.3. The average Bonchev–Trinajstić information content (AvgIpc) is 3.56. The molecule has 2 heteroatoms. The number of rotatable bonds is 5. The van der Waals surface area contributed by atoms with Crippen molar-refractivity contribution in [1.29, 1.82) is 0 Å². The largest absolute Gasteiger partial charge is 0.456 e. The SMILES string of the molecule is c1ccc(-c2cc3ccccc3o2)c(-c2ccc(N(c3ccc4ccccc4c3)c3ccc4c(ccc5ccccc54)c3)cc2)c1. The molecule has 0 spiro atoms. The van der Waals surface area contributed by atoms with Gasteiger partial charge < -0.3 is 9.32 Å². The summed E-state index contributed by atoms with van der Waals surface area (Å²) in [7, 11) is 0. The van der Waals surface area contributed by atoms with Gasteiger partial charge in [-0.15, -0.1) is 0 Å².